The van der Waals surface area contributed by atoms with Crippen LogP contribution in [-0.4, -0.2) is 28.8 Å². The number of benzene rings is 1. The maximum Gasteiger partial charge on any atom is 0.212 e. The van der Waals surface area contributed by atoms with Gasteiger partial charge < -0.3 is 9.64 Å². The van der Waals surface area contributed by atoms with Crippen LogP contribution in [0, 0.1) is 12.8 Å². The summed E-state index contributed by atoms with van der Waals surface area (Å²) in [7, 11) is 4.15. The molecule has 136 valence electrons. The second-order valence-electron chi connectivity index (χ2n) is 7.67. The molecule has 4 heteroatoms. The van der Waals surface area contributed by atoms with Crippen LogP contribution in [0.2, 0.25) is 0 Å². The molecule has 2 aromatic rings. The van der Waals surface area contributed by atoms with Crippen LogP contribution < -0.4 is 4.74 Å². The quantitative estimate of drug-likeness (QED) is 0.747. The zero-order chi connectivity index (χ0) is 17.6. The minimum atomic E-state index is 0.595. The monoisotopic (exact) mass is 341 g/mol. The average molecular weight is 341 g/mol. The van der Waals surface area contributed by atoms with Gasteiger partial charge in [-0.05, 0) is 45.3 Å². The summed E-state index contributed by atoms with van der Waals surface area (Å²) < 4.78 is 8.25. The fourth-order valence-electron chi connectivity index (χ4n) is 3.55. The van der Waals surface area contributed by atoms with Crippen molar-refractivity contribution >= 4 is 0 Å². The molecule has 1 aromatic carbocycles. The number of hydrogen-bond donors (Lipinski definition) is 0. The van der Waals surface area contributed by atoms with Crippen LogP contribution in [0.15, 0.2) is 30.3 Å². The average Bonchev–Trinajstić information content (AvgIpc) is 2.96. The molecule has 1 aliphatic rings. The minimum Gasteiger partial charge on any atom is -0.473 e. The normalized spacial score (nSPS) is 15.7. The van der Waals surface area contributed by atoms with Crippen molar-refractivity contribution in [1.82, 2.24) is 14.7 Å². The van der Waals surface area contributed by atoms with Crippen LogP contribution in [-0.2, 0) is 19.7 Å². The number of aryl methyl sites for hydroxylation is 1. The Morgan fingerprint density at radius 1 is 1.12 bits per heavy atom. The Morgan fingerprint density at radius 2 is 1.84 bits per heavy atom. The first-order chi connectivity index (χ1) is 12.1. The SMILES string of the molecule is Cc1ccc(COc2cc(CN(C)C)nn2CC2CCCCC2)cc1. The van der Waals surface area contributed by atoms with E-state index in [0.717, 1.165) is 30.6 Å². The molecule has 0 unspecified atom stereocenters. The van der Waals surface area contributed by atoms with Gasteiger partial charge in [0, 0.05) is 19.2 Å². The third-order valence-electron chi connectivity index (χ3n) is 4.94. The van der Waals surface area contributed by atoms with Crippen LogP contribution in [0.3, 0.4) is 0 Å². The molecule has 1 fully saturated rings. The Morgan fingerprint density at radius 3 is 2.52 bits per heavy atom. The second-order valence-corrected chi connectivity index (χ2v) is 7.67. The molecule has 0 atom stereocenters. The third-order valence-corrected chi connectivity index (χ3v) is 4.94. The smallest absolute Gasteiger partial charge is 0.212 e. The predicted octanol–water partition coefficient (Wildman–Crippen LogP) is 4.41. The number of aromatic nitrogens is 2. The Kier molecular flexibility index (Phi) is 6.14. The molecule has 0 spiro atoms. The predicted molar refractivity (Wildman–Crippen MR) is 102 cm³/mol. The Bertz CT molecular complexity index is 654. The maximum absolute atomic E-state index is 6.15. The van der Waals surface area contributed by atoms with E-state index in [0.29, 0.717) is 6.61 Å². The lowest BCUT2D eigenvalue weighted by Gasteiger charge is -2.22. The van der Waals surface area contributed by atoms with Gasteiger partial charge in [0.2, 0.25) is 5.88 Å². The zero-order valence-corrected chi connectivity index (χ0v) is 15.9. The van der Waals surface area contributed by atoms with Gasteiger partial charge in [-0.15, -0.1) is 0 Å². The molecular weight excluding hydrogens is 310 g/mol. The summed E-state index contributed by atoms with van der Waals surface area (Å²) in [5, 5.41) is 4.82. The highest BCUT2D eigenvalue weighted by molar-refractivity contribution is 5.22. The van der Waals surface area contributed by atoms with Gasteiger partial charge in [-0.1, -0.05) is 49.1 Å². The molecule has 0 amide bonds. The molecule has 1 aliphatic carbocycles. The van der Waals surface area contributed by atoms with E-state index in [1.54, 1.807) is 0 Å². The number of rotatable bonds is 7. The highest BCUT2D eigenvalue weighted by atomic mass is 16.5. The van der Waals surface area contributed by atoms with Crippen LogP contribution >= 0.6 is 0 Å². The summed E-state index contributed by atoms with van der Waals surface area (Å²) in [4.78, 5) is 2.15. The maximum atomic E-state index is 6.15. The topological polar surface area (TPSA) is 30.3 Å². The largest absolute Gasteiger partial charge is 0.473 e. The number of nitrogens with zero attached hydrogens (tertiary/aromatic N) is 3. The van der Waals surface area contributed by atoms with Crippen molar-refractivity contribution in [2.75, 3.05) is 14.1 Å². The second kappa shape index (κ2) is 8.52. The number of hydrogen-bond acceptors (Lipinski definition) is 3. The van der Waals surface area contributed by atoms with Crippen LogP contribution in [0.25, 0.3) is 0 Å². The van der Waals surface area contributed by atoms with Crippen molar-refractivity contribution < 1.29 is 4.74 Å². The fraction of sp³-hybridized carbons (Fsp3) is 0.571. The van der Waals surface area contributed by atoms with Gasteiger partial charge in [-0.2, -0.15) is 5.10 Å². The van der Waals surface area contributed by atoms with Crippen LogP contribution in [0.4, 0.5) is 0 Å². The zero-order valence-electron chi connectivity index (χ0n) is 15.9. The van der Waals surface area contributed by atoms with E-state index in [1.807, 2.05) is 0 Å². The van der Waals surface area contributed by atoms with E-state index < -0.39 is 0 Å². The van der Waals surface area contributed by atoms with Crippen molar-refractivity contribution in [3.8, 4) is 5.88 Å². The van der Waals surface area contributed by atoms with E-state index in [1.165, 1.54) is 43.2 Å². The molecule has 25 heavy (non-hydrogen) atoms. The standard InChI is InChI=1S/C21H31N3O/c1-17-9-11-19(12-10-17)16-25-21-13-20(15-23(2)3)22-24(21)14-18-7-5-4-6-8-18/h9-13,18H,4-8,14-16H2,1-3H3. The van der Waals surface area contributed by atoms with E-state index in [4.69, 9.17) is 9.84 Å². The molecule has 4 nitrogen and oxygen atoms in total. The summed E-state index contributed by atoms with van der Waals surface area (Å²) in [6.07, 6.45) is 6.74. The van der Waals surface area contributed by atoms with Crippen LogP contribution in [0.1, 0.15) is 48.9 Å². The Balaban J connectivity index is 1.70. The molecule has 0 aliphatic heterocycles. The first kappa shape index (κ1) is 18.0. The first-order valence-corrected chi connectivity index (χ1v) is 9.50. The molecule has 1 heterocycles. The molecule has 3 rings (SSSR count). The summed E-state index contributed by atoms with van der Waals surface area (Å²) >= 11 is 0. The molecule has 0 bridgehead atoms. The Labute approximate surface area is 151 Å². The molecular formula is C21H31N3O. The fourth-order valence-corrected chi connectivity index (χ4v) is 3.55. The van der Waals surface area contributed by atoms with Crippen molar-refractivity contribution in [2.45, 2.75) is 58.7 Å². The van der Waals surface area contributed by atoms with Crippen molar-refractivity contribution in [3.63, 3.8) is 0 Å². The highest BCUT2D eigenvalue weighted by Gasteiger charge is 2.18. The van der Waals surface area contributed by atoms with E-state index in [9.17, 15) is 0 Å². The Hall–Kier alpha value is -1.81. The van der Waals surface area contributed by atoms with Crippen LogP contribution in [0.5, 0.6) is 5.88 Å². The highest BCUT2D eigenvalue weighted by Crippen LogP contribution is 2.27. The summed E-state index contributed by atoms with van der Waals surface area (Å²) in [6.45, 7) is 4.53. The van der Waals surface area contributed by atoms with Gasteiger partial charge in [0.05, 0.1) is 5.69 Å². The molecule has 1 saturated carbocycles. The molecule has 0 radical (unpaired) electrons. The van der Waals surface area contributed by atoms with Gasteiger partial charge in [0.25, 0.3) is 0 Å². The summed E-state index contributed by atoms with van der Waals surface area (Å²) in [6, 6.07) is 10.7. The third kappa shape index (κ3) is 5.33. The number of ether oxygens (including phenoxy) is 1. The van der Waals surface area contributed by atoms with E-state index in [-0.39, 0.29) is 0 Å². The van der Waals surface area contributed by atoms with E-state index in [2.05, 4.69) is 60.9 Å². The lowest BCUT2D eigenvalue weighted by atomic mass is 9.89. The summed E-state index contributed by atoms with van der Waals surface area (Å²) in [5.74, 6) is 1.64. The molecule has 0 saturated heterocycles. The van der Waals surface area contributed by atoms with Gasteiger partial charge in [0.1, 0.15) is 6.61 Å². The van der Waals surface area contributed by atoms with Crippen molar-refractivity contribution in [3.05, 3.63) is 47.2 Å². The van der Waals surface area contributed by atoms with Gasteiger partial charge in [0.15, 0.2) is 0 Å². The van der Waals surface area contributed by atoms with Crippen molar-refractivity contribution in [2.24, 2.45) is 5.92 Å². The summed E-state index contributed by atoms with van der Waals surface area (Å²) in [5.41, 5.74) is 3.56. The van der Waals surface area contributed by atoms with Gasteiger partial charge >= 0.3 is 0 Å². The van der Waals surface area contributed by atoms with Gasteiger partial charge in [-0.3, -0.25) is 0 Å². The van der Waals surface area contributed by atoms with Gasteiger partial charge in [-0.25, -0.2) is 4.68 Å². The molecule has 0 N–H and O–H groups in total. The minimum absolute atomic E-state index is 0.595. The molecule has 1 aromatic heterocycles. The van der Waals surface area contributed by atoms with Crippen molar-refractivity contribution in [1.29, 1.82) is 0 Å². The lowest BCUT2D eigenvalue weighted by Crippen LogP contribution is -2.17. The first-order valence-electron chi connectivity index (χ1n) is 9.50. The lowest BCUT2D eigenvalue weighted by molar-refractivity contribution is 0.245. The van der Waals surface area contributed by atoms with E-state index >= 15 is 0 Å².